The Morgan fingerprint density at radius 3 is 2.42 bits per heavy atom. The quantitative estimate of drug-likeness (QED) is 0.540. The second-order valence-corrected chi connectivity index (χ2v) is 8.05. The summed E-state index contributed by atoms with van der Waals surface area (Å²) in [4.78, 5) is 24.4. The number of hydrogen-bond donors (Lipinski definition) is 3. The Morgan fingerprint density at radius 2 is 1.77 bits per heavy atom. The fourth-order valence-electron chi connectivity index (χ4n) is 3.14. The molecule has 0 radical (unpaired) electrons. The smallest absolute Gasteiger partial charge is 0.251 e. The van der Waals surface area contributed by atoms with E-state index >= 15 is 0 Å². The van der Waals surface area contributed by atoms with Crippen molar-refractivity contribution in [3.05, 3.63) is 54.1 Å². The van der Waals surface area contributed by atoms with Gasteiger partial charge in [-0.15, -0.1) is 0 Å². The van der Waals surface area contributed by atoms with Gasteiger partial charge in [-0.25, -0.2) is 0 Å². The second-order valence-electron chi connectivity index (χ2n) is 8.05. The van der Waals surface area contributed by atoms with Crippen molar-refractivity contribution in [2.24, 2.45) is 5.92 Å². The normalized spacial score (nSPS) is 15.5. The Balaban J connectivity index is 1.40. The zero-order valence-corrected chi connectivity index (χ0v) is 18.1. The topological polar surface area (TPSA) is 88.7 Å². The number of anilines is 2. The third-order valence-corrected chi connectivity index (χ3v) is 4.84. The van der Waals surface area contributed by atoms with Gasteiger partial charge in [0.25, 0.3) is 5.91 Å². The van der Waals surface area contributed by atoms with Gasteiger partial charge >= 0.3 is 0 Å². The summed E-state index contributed by atoms with van der Waals surface area (Å²) >= 11 is 0. The van der Waals surface area contributed by atoms with Gasteiger partial charge in [-0.2, -0.15) is 0 Å². The van der Waals surface area contributed by atoms with Crippen LogP contribution in [-0.4, -0.2) is 44.2 Å². The zero-order chi connectivity index (χ0) is 22.1. The molecule has 7 heteroatoms. The number of carbonyl (C=O) groups excluding carboxylic acids is 2. The van der Waals surface area contributed by atoms with Crippen molar-refractivity contribution in [3.8, 4) is 5.75 Å². The molecule has 2 aromatic carbocycles. The predicted molar refractivity (Wildman–Crippen MR) is 122 cm³/mol. The summed E-state index contributed by atoms with van der Waals surface area (Å²) in [6.07, 6.45) is 2.13. The van der Waals surface area contributed by atoms with Crippen LogP contribution in [0.5, 0.6) is 5.75 Å². The molecule has 1 heterocycles. The van der Waals surface area contributed by atoms with Crippen LogP contribution < -0.4 is 20.7 Å². The van der Waals surface area contributed by atoms with Crippen molar-refractivity contribution in [3.63, 3.8) is 0 Å². The van der Waals surface area contributed by atoms with Crippen molar-refractivity contribution < 1.29 is 19.1 Å². The first-order chi connectivity index (χ1) is 15.0. The van der Waals surface area contributed by atoms with Crippen molar-refractivity contribution in [1.82, 2.24) is 5.32 Å². The van der Waals surface area contributed by atoms with E-state index in [1.807, 2.05) is 24.3 Å². The number of hydrogen-bond acceptors (Lipinski definition) is 5. The first kappa shape index (κ1) is 22.6. The first-order valence-corrected chi connectivity index (χ1v) is 10.8. The van der Waals surface area contributed by atoms with E-state index in [9.17, 15) is 9.59 Å². The van der Waals surface area contributed by atoms with Crippen molar-refractivity contribution in [1.29, 1.82) is 0 Å². The van der Waals surface area contributed by atoms with Gasteiger partial charge in [-0.3, -0.25) is 9.59 Å². The predicted octanol–water partition coefficient (Wildman–Crippen LogP) is 3.68. The monoisotopic (exact) mass is 425 g/mol. The Hall–Kier alpha value is -3.06. The number of benzene rings is 2. The largest absolute Gasteiger partial charge is 0.493 e. The van der Waals surface area contributed by atoms with E-state index in [1.54, 1.807) is 24.3 Å². The Morgan fingerprint density at radius 1 is 1.06 bits per heavy atom. The molecule has 1 aliphatic rings. The van der Waals surface area contributed by atoms with Gasteiger partial charge in [0.1, 0.15) is 5.75 Å². The highest BCUT2D eigenvalue weighted by Gasteiger charge is 2.16. The molecule has 0 aliphatic carbocycles. The molecule has 0 saturated carbocycles. The molecule has 2 aromatic rings. The lowest BCUT2D eigenvalue weighted by atomic mass is 10.2. The highest BCUT2D eigenvalue weighted by Crippen LogP contribution is 2.16. The van der Waals surface area contributed by atoms with Gasteiger partial charge < -0.3 is 25.4 Å². The van der Waals surface area contributed by atoms with Crippen LogP contribution in [0.3, 0.4) is 0 Å². The Kier molecular flexibility index (Phi) is 8.29. The minimum Gasteiger partial charge on any atom is -0.493 e. The summed E-state index contributed by atoms with van der Waals surface area (Å²) in [6.45, 7) is 6.29. The molecule has 1 unspecified atom stereocenters. The van der Waals surface area contributed by atoms with Crippen LogP contribution in [0.25, 0.3) is 0 Å². The van der Waals surface area contributed by atoms with E-state index in [0.717, 1.165) is 30.9 Å². The lowest BCUT2D eigenvalue weighted by Crippen LogP contribution is -2.31. The Labute approximate surface area is 183 Å². The average Bonchev–Trinajstić information content (AvgIpc) is 3.29. The van der Waals surface area contributed by atoms with E-state index in [2.05, 4.69) is 29.8 Å². The van der Waals surface area contributed by atoms with Gasteiger partial charge in [0, 0.05) is 30.1 Å². The van der Waals surface area contributed by atoms with Crippen molar-refractivity contribution in [2.75, 3.05) is 36.9 Å². The summed E-state index contributed by atoms with van der Waals surface area (Å²) in [5.74, 6) is 0.964. The minimum atomic E-state index is -0.171. The molecule has 0 aromatic heterocycles. The summed E-state index contributed by atoms with van der Waals surface area (Å²) in [6, 6.07) is 14.4. The van der Waals surface area contributed by atoms with Crippen LogP contribution in [0, 0.1) is 5.92 Å². The lowest BCUT2D eigenvalue weighted by molar-refractivity contribution is -0.114. The number of amides is 2. The highest BCUT2D eigenvalue weighted by atomic mass is 16.5. The summed E-state index contributed by atoms with van der Waals surface area (Å²) in [7, 11) is 0. The SMILES string of the molecule is CC(C)COc1ccc(NCC(=O)Nc2ccc(C(=O)NCC3CCCO3)cc2)cc1. The third kappa shape index (κ3) is 7.61. The van der Waals surface area contributed by atoms with Crippen molar-refractivity contribution in [2.45, 2.75) is 32.8 Å². The van der Waals surface area contributed by atoms with Crippen LogP contribution in [-0.2, 0) is 9.53 Å². The standard InChI is InChI=1S/C24H31N3O4/c1-17(2)16-31-21-11-9-19(10-12-21)25-15-23(28)27-20-7-5-18(6-8-20)24(29)26-14-22-4-3-13-30-22/h5-12,17,22,25H,3-4,13-16H2,1-2H3,(H,26,29)(H,27,28). The van der Waals surface area contributed by atoms with E-state index in [-0.39, 0.29) is 24.5 Å². The molecule has 31 heavy (non-hydrogen) atoms. The number of carbonyl (C=O) groups is 2. The van der Waals surface area contributed by atoms with Gasteiger partial charge in [-0.05, 0) is 67.3 Å². The molecule has 166 valence electrons. The Bertz CT molecular complexity index is 844. The fourth-order valence-corrected chi connectivity index (χ4v) is 3.14. The molecule has 2 amide bonds. The molecule has 3 N–H and O–H groups in total. The highest BCUT2D eigenvalue weighted by molar-refractivity contribution is 5.96. The molecule has 1 fully saturated rings. The molecule has 1 atom stereocenters. The maximum atomic E-state index is 12.2. The van der Waals surface area contributed by atoms with Crippen LogP contribution in [0.4, 0.5) is 11.4 Å². The molecule has 7 nitrogen and oxygen atoms in total. The lowest BCUT2D eigenvalue weighted by Gasteiger charge is -2.12. The average molecular weight is 426 g/mol. The molecule has 1 saturated heterocycles. The summed E-state index contributed by atoms with van der Waals surface area (Å²) in [5, 5.41) is 8.79. The maximum Gasteiger partial charge on any atom is 0.251 e. The van der Waals surface area contributed by atoms with Gasteiger partial charge in [-0.1, -0.05) is 13.8 Å². The van der Waals surface area contributed by atoms with Crippen LogP contribution in [0.1, 0.15) is 37.0 Å². The van der Waals surface area contributed by atoms with Gasteiger partial charge in [0.2, 0.25) is 5.91 Å². The van der Waals surface area contributed by atoms with Crippen LogP contribution >= 0.6 is 0 Å². The van der Waals surface area contributed by atoms with Gasteiger partial charge in [0.05, 0.1) is 19.3 Å². The van der Waals surface area contributed by atoms with Crippen LogP contribution in [0.2, 0.25) is 0 Å². The van der Waals surface area contributed by atoms with Crippen molar-refractivity contribution >= 4 is 23.2 Å². The number of nitrogens with one attached hydrogen (secondary N) is 3. The van der Waals surface area contributed by atoms with Gasteiger partial charge in [0.15, 0.2) is 0 Å². The summed E-state index contributed by atoms with van der Waals surface area (Å²) in [5.41, 5.74) is 2.03. The van der Waals surface area contributed by atoms with E-state index in [0.29, 0.717) is 30.3 Å². The first-order valence-electron chi connectivity index (χ1n) is 10.8. The molecule has 3 rings (SSSR count). The molecule has 1 aliphatic heterocycles. The summed E-state index contributed by atoms with van der Waals surface area (Å²) < 4.78 is 11.2. The fraction of sp³-hybridized carbons (Fsp3) is 0.417. The maximum absolute atomic E-state index is 12.2. The zero-order valence-electron chi connectivity index (χ0n) is 18.1. The minimum absolute atomic E-state index is 0.110. The number of ether oxygens (including phenoxy) is 2. The van der Waals surface area contributed by atoms with E-state index < -0.39 is 0 Å². The molecule has 0 spiro atoms. The van der Waals surface area contributed by atoms with E-state index in [1.165, 1.54) is 0 Å². The molecular weight excluding hydrogens is 394 g/mol. The van der Waals surface area contributed by atoms with E-state index in [4.69, 9.17) is 9.47 Å². The molecule has 0 bridgehead atoms. The van der Waals surface area contributed by atoms with Crippen LogP contribution in [0.15, 0.2) is 48.5 Å². The third-order valence-electron chi connectivity index (χ3n) is 4.84. The molecular formula is C24H31N3O4. The number of rotatable bonds is 10. The second kappa shape index (κ2) is 11.4.